The Hall–Kier alpha value is -4.02. The van der Waals surface area contributed by atoms with Crippen molar-refractivity contribution < 1.29 is 18.0 Å². The van der Waals surface area contributed by atoms with Crippen molar-refractivity contribution in [2.75, 3.05) is 19.6 Å². The summed E-state index contributed by atoms with van der Waals surface area (Å²) in [5, 5.41) is 5.49. The first-order chi connectivity index (χ1) is 21.4. The number of hydrogen-bond donors (Lipinski definition) is 1. The normalized spacial score (nSPS) is 15.3. The Bertz CT molecular complexity index is 1780. The van der Waals surface area contributed by atoms with E-state index in [1.807, 2.05) is 63.8 Å². The Kier molecular flexibility index (Phi) is 9.46. The summed E-state index contributed by atoms with van der Waals surface area (Å²) in [6.45, 7) is 11.7. The molecular weight excluding hydrogens is 597 g/mol. The third-order valence-electron chi connectivity index (χ3n) is 7.98. The molecule has 0 bridgehead atoms. The number of alkyl halides is 3. The number of aryl methyl sites for hydroxylation is 2. The van der Waals surface area contributed by atoms with Crippen LogP contribution in [0.25, 0.3) is 33.6 Å². The van der Waals surface area contributed by atoms with E-state index in [1.54, 1.807) is 16.0 Å². The van der Waals surface area contributed by atoms with Gasteiger partial charge in [0.15, 0.2) is 0 Å². The van der Waals surface area contributed by atoms with Crippen LogP contribution in [0.5, 0.6) is 0 Å². The van der Waals surface area contributed by atoms with Crippen molar-refractivity contribution in [2.24, 2.45) is 0 Å². The molecule has 1 fully saturated rings. The summed E-state index contributed by atoms with van der Waals surface area (Å²) in [5.41, 5.74) is 4.76. The molecular formula is C35H37F3N4O2S. The highest BCUT2D eigenvalue weighted by Crippen LogP contribution is 2.34. The number of carbonyl (C=O) groups is 1. The number of rotatable bonds is 7. The molecule has 2 aromatic carbocycles. The molecule has 0 radical (unpaired) electrons. The van der Waals surface area contributed by atoms with E-state index in [0.29, 0.717) is 60.0 Å². The number of carbonyl (C=O) groups excluding carboxylic acids is 1. The number of para-hydroxylation sites is 1. The highest BCUT2D eigenvalue weighted by atomic mass is 32.1. The van der Waals surface area contributed by atoms with E-state index in [1.165, 1.54) is 23.5 Å². The minimum Gasteiger partial charge on any atom is -0.336 e. The zero-order valence-corrected chi connectivity index (χ0v) is 26.9. The first kappa shape index (κ1) is 32.4. The van der Waals surface area contributed by atoms with Crippen LogP contribution in [0.4, 0.5) is 13.2 Å². The minimum absolute atomic E-state index is 0.123. The standard InChI is InChI=1S/C35H37F3N4O2S/c1-6-23-9-8-10-24(7-2)31(23)42-30(17-21(3)4)27(33(43)41-16-15-39-22(5)19-41)18-28(34(42)44)32-40-29(20-45-32)25-11-13-26(14-12-25)35(36,37)38/h8-14,17-18,20,22,39H,6-7,15-16,19H2,1-5H3/t22-/m1/s1. The van der Waals surface area contributed by atoms with Crippen LogP contribution in [0.15, 0.2) is 64.3 Å². The number of piperazine rings is 1. The predicted octanol–water partition coefficient (Wildman–Crippen LogP) is 7.63. The van der Waals surface area contributed by atoms with Crippen LogP contribution in [0.2, 0.25) is 0 Å². The summed E-state index contributed by atoms with van der Waals surface area (Å²) in [4.78, 5) is 35.5. The number of allylic oxidation sites excluding steroid dienone is 1. The number of thiazole rings is 1. The molecule has 6 nitrogen and oxygen atoms in total. The first-order valence-electron chi connectivity index (χ1n) is 15.1. The fraction of sp³-hybridized carbons (Fsp3) is 0.343. The van der Waals surface area contributed by atoms with Crippen LogP contribution in [0, 0.1) is 0 Å². The van der Waals surface area contributed by atoms with Gasteiger partial charge >= 0.3 is 6.18 Å². The van der Waals surface area contributed by atoms with Crippen LogP contribution in [-0.4, -0.2) is 46.0 Å². The van der Waals surface area contributed by atoms with Gasteiger partial charge in [-0.15, -0.1) is 11.3 Å². The summed E-state index contributed by atoms with van der Waals surface area (Å²) in [6.07, 6.45) is -1.18. The largest absolute Gasteiger partial charge is 0.416 e. The molecule has 3 heterocycles. The highest BCUT2D eigenvalue weighted by molar-refractivity contribution is 7.13. The van der Waals surface area contributed by atoms with Crippen LogP contribution in [0.1, 0.15) is 67.4 Å². The van der Waals surface area contributed by atoms with Gasteiger partial charge in [-0.05, 0) is 69.0 Å². The molecule has 5 rings (SSSR count). The van der Waals surface area contributed by atoms with Gasteiger partial charge < -0.3 is 10.2 Å². The second kappa shape index (κ2) is 13.1. The van der Waals surface area contributed by atoms with Crippen LogP contribution < -0.4 is 10.9 Å². The summed E-state index contributed by atoms with van der Waals surface area (Å²) in [7, 11) is 0. The minimum atomic E-state index is -4.44. The molecule has 1 saturated heterocycles. The van der Waals surface area contributed by atoms with Crippen molar-refractivity contribution in [3.8, 4) is 27.5 Å². The van der Waals surface area contributed by atoms with E-state index in [9.17, 15) is 22.8 Å². The van der Waals surface area contributed by atoms with Crippen molar-refractivity contribution in [3.05, 3.63) is 97.8 Å². The number of hydrogen-bond acceptors (Lipinski definition) is 5. The van der Waals surface area contributed by atoms with E-state index >= 15 is 0 Å². The number of nitrogens with one attached hydrogen (secondary N) is 1. The molecule has 45 heavy (non-hydrogen) atoms. The molecule has 236 valence electrons. The molecule has 4 aromatic rings. The van der Waals surface area contributed by atoms with Gasteiger partial charge in [-0.1, -0.05) is 49.8 Å². The first-order valence-corrected chi connectivity index (χ1v) is 16.0. The van der Waals surface area contributed by atoms with E-state index in [-0.39, 0.29) is 23.1 Å². The second-order valence-electron chi connectivity index (χ2n) is 11.6. The maximum absolute atomic E-state index is 14.7. The lowest BCUT2D eigenvalue weighted by molar-refractivity contribution is -0.137. The quantitative estimate of drug-likeness (QED) is 0.227. The maximum Gasteiger partial charge on any atom is 0.416 e. The van der Waals surface area contributed by atoms with Gasteiger partial charge in [-0.25, -0.2) is 4.98 Å². The molecule has 0 aliphatic carbocycles. The van der Waals surface area contributed by atoms with E-state index in [2.05, 4.69) is 5.32 Å². The Balaban J connectivity index is 1.77. The molecule has 0 unspecified atom stereocenters. The molecule has 0 saturated carbocycles. The summed E-state index contributed by atoms with van der Waals surface area (Å²) in [5.74, 6) is -0.169. The number of pyridine rings is 1. The van der Waals surface area contributed by atoms with Crippen molar-refractivity contribution in [2.45, 2.75) is 59.7 Å². The Morgan fingerprint density at radius 1 is 1.09 bits per heavy atom. The average Bonchev–Trinajstić information content (AvgIpc) is 3.50. The van der Waals surface area contributed by atoms with Crippen LogP contribution in [0.3, 0.4) is 0 Å². The summed E-state index contributed by atoms with van der Waals surface area (Å²) >= 11 is 1.22. The second-order valence-corrected chi connectivity index (χ2v) is 12.4. The maximum atomic E-state index is 14.7. The van der Waals surface area contributed by atoms with Crippen LogP contribution in [-0.2, 0) is 19.0 Å². The molecule has 1 aliphatic heterocycles. The number of aromatic nitrogens is 2. The molecule has 1 atom stereocenters. The summed E-state index contributed by atoms with van der Waals surface area (Å²) in [6, 6.07) is 12.6. The smallest absolute Gasteiger partial charge is 0.336 e. The molecule has 2 aromatic heterocycles. The van der Waals surface area contributed by atoms with Gasteiger partial charge in [0.1, 0.15) is 5.01 Å². The average molecular weight is 635 g/mol. The monoisotopic (exact) mass is 634 g/mol. The van der Waals surface area contributed by atoms with Crippen LogP contribution >= 0.6 is 11.3 Å². The lowest BCUT2D eigenvalue weighted by Crippen LogP contribution is -2.51. The van der Waals surface area contributed by atoms with Crippen molar-refractivity contribution in [1.82, 2.24) is 19.8 Å². The van der Waals surface area contributed by atoms with Gasteiger partial charge in [-0.3, -0.25) is 14.2 Å². The molecule has 0 spiro atoms. The van der Waals surface area contributed by atoms with Gasteiger partial charge in [0, 0.05) is 36.6 Å². The van der Waals surface area contributed by atoms with E-state index < -0.39 is 11.7 Å². The van der Waals surface area contributed by atoms with E-state index in [4.69, 9.17) is 4.98 Å². The highest BCUT2D eigenvalue weighted by Gasteiger charge is 2.31. The Morgan fingerprint density at radius 2 is 1.76 bits per heavy atom. The van der Waals surface area contributed by atoms with Crippen molar-refractivity contribution in [3.63, 3.8) is 0 Å². The predicted molar refractivity (Wildman–Crippen MR) is 175 cm³/mol. The Labute approximate surface area is 265 Å². The van der Waals surface area contributed by atoms with Crippen molar-refractivity contribution in [1.29, 1.82) is 0 Å². The van der Waals surface area contributed by atoms with Gasteiger partial charge in [0.2, 0.25) is 0 Å². The lowest BCUT2D eigenvalue weighted by atomic mass is 9.99. The fourth-order valence-corrected chi connectivity index (χ4v) is 6.58. The molecule has 1 aliphatic rings. The lowest BCUT2D eigenvalue weighted by Gasteiger charge is -2.32. The van der Waals surface area contributed by atoms with Gasteiger partial charge in [0.05, 0.1) is 33.8 Å². The third-order valence-corrected chi connectivity index (χ3v) is 8.86. The third kappa shape index (κ3) is 6.67. The Morgan fingerprint density at radius 3 is 2.33 bits per heavy atom. The number of nitrogens with zero attached hydrogens (tertiary/aromatic N) is 3. The number of benzene rings is 2. The topological polar surface area (TPSA) is 67.2 Å². The fourth-order valence-electron chi connectivity index (χ4n) is 5.74. The SMILES string of the molecule is CCc1cccc(CC)c1-n1c(C=C(C)C)c(C(=O)N2CCN[C@H](C)C2)cc(-c2nc(-c3ccc(C(F)(F)F)cc3)cs2)c1=O. The van der Waals surface area contributed by atoms with Gasteiger partial charge in [0.25, 0.3) is 11.5 Å². The molecule has 1 amide bonds. The molecule has 10 heteroatoms. The van der Waals surface area contributed by atoms with Crippen molar-refractivity contribution >= 4 is 23.3 Å². The van der Waals surface area contributed by atoms with Gasteiger partial charge in [-0.2, -0.15) is 13.2 Å². The van der Waals surface area contributed by atoms with E-state index in [0.717, 1.165) is 34.5 Å². The zero-order valence-electron chi connectivity index (χ0n) is 26.1. The number of amides is 1. The molecule has 1 N–H and O–H groups in total. The zero-order chi connectivity index (χ0) is 32.5. The number of halogens is 3. The summed E-state index contributed by atoms with van der Waals surface area (Å²) < 4.78 is 41.2.